The molecule has 0 fully saturated rings. The molecule has 0 saturated heterocycles. The smallest absolute Gasteiger partial charge is 0.0737 e. The number of nitrogens with one attached hydrogen (secondary N) is 2. The zero-order chi connectivity index (χ0) is 24.8. The predicted molar refractivity (Wildman–Crippen MR) is 156 cm³/mol. The minimum atomic E-state index is 0.959. The predicted octanol–water partition coefficient (Wildman–Crippen LogP) is 8.44. The van der Waals surface area contributed by atoms with Gasteiger partial charge in [-0.15, -0.1) is 0 Å². The summed E-state index contributed by atoms with van der Waals surface area (Å²) in [7, 11) is 0. The summed E-state index contributed by atoms with van der Waals surface area (Å²) >= 11 is 0. The molecule has 0 saturated carbocycles. The number of aromatic amines is 2. The molecule has 9 rings (SSSR count). The Hall–Kier alpha value is -5.22. The first-order valence-electron chi connectivity index (χ1n) is 12.8. The van der Waals surface area contributed by atoms with Crippen LogP contribution in [0.2, 0.25) is 0 Å². The Balaban J connectivity index is 1.50. The van der Waals surface area contributed by atoms with Crippen LogP contribution >= 0.6 is 0 Å². The van der Waals surface area contributed by atoms with Gasteiger partial charge >= 0.3 is 0 Å². The number of aromatic nitrogens is 4. The molecule has 0 amide bonds. The van der Waals surface area contributed by atoms with E-state index in [4.69, 9.17) is 9.97 Å². The maximum absolute atomic E-state index is 5.16. The molecule has 0 radical (unpaired) electrons. The molecular formula is C34H20N4. The van der Waals surface area contributed by atoms with Crippen LogP contribution in [0.5, 0.6) is 0 Å². The summed E-state index contributed by atoms with van der Waals surface area (Å²) in [5.74, 6) is 0. The van der Waals surface area contributed by atoms with Crippen LogP contribution in [0, 0.1) is 0 Å². The van der Waals surface area contributed by atoms with Crippen LogP contribution in [-0.2, 0) is 0 Å². The summed E-state index contributed by atoms with van der Waals surface area (Å²) in [5.41, 5.74) is 12.8. The van der Waals surface area contributed by atoms with Crippen molar-refractivity contribution < 1.29 is 0 Å². The van der Waals surface area contributed by atoms with Crippen LogP contribution in [0.4, 0.5) is 0 Å². The number of benzene rings is 3. The first kappa shape index (κ1) is 19.9. The van der Waals surface area contributed by atoms with Gasteiger partial charge in [-0.2, -0.15) is 0 Å². The van der Waals surface area contributed by atoms with Crippen molar-refractivity contribution in [3.8, 4) is 22.5 Å². The molecule has 3 aliphatic rings. The molecule has 0 atom stereocenters. The molecule has 2 N–H and O–H groups in total. The van der Waals surface area contributed by atoms with Gasteiger partial charge in [0.25, 0.3) is 0 Å². The summed E-state index contributed by atoms with van der Waals surface area (Å²) in [6.45, 7) is 0. The Kier molecular flexibility index (Phi) is 3.76. The van der Waals surface area contributed by atoms with Gasteiger partial charge in [-0.25, -0.2) is 9.97 Å². The molecule has 3 aromatic carbocycles. The van der Waals surface area contributed by atoms with Gasteiger partial charge in [0.05, 0.1) is 22.8 Å². The first-order chi connectivity index (χ1) is 18.8. The summed E-state index contributed by atoms with van der Waals surface area (Å²) in [4.78, 5) is 17.6. The molecule has 4 heteroatoms. The summed E-state index contributed by atoms with van der Waals surface area (Å²) in [5, 5.41) is 4.70. The highest BCUT2D eigenvalue weighted by Gasteiger charge is 2.22. The number of fused-ring (bicyclic) bond motifs is 19. The lowest BCUT2D eigenvalue weighted by Gasteiger charge is -2.06. The second-order valence-electron chi connectivity index (χ2n) is 10.0. The molecule has 3 aromatic heterocycles. The number of rotatable bonds is 0. The van der Waals surface area contributed by atoms with E-state index in [-0.39, 0.29) is 0 Å². The largest absolute Gasteiger partial charge is 0.354 e. The molecule has 6 aromatic rings. The molecule has 176 valence electrons. The van der Waals surface area contributed by atoms with Gasteiger partial charge < -0.3 is 9.97 Å². The Morgan fingerprint density at radius 1 is 0.395 bits per heavy atom. The fourth-order valence-electron chi connectivity index (χ4n) is 6.03. The molecule has 8 bridgehead atoms. The standard InChI is InChI=1S/C34H20N4/c1-2-8-20-19(7-1)27-15-29-21-9-3-5-11-23(21)31(36-29)17-33-25-13-14-26(25)34(38-33)18-32-24-12-6-4-10-22(24)30(37-32)16-28(20)35-27/h1-18,36-37H. The van der Waals surface area contributed by atoms with Gasteiger partial charge in [0.1, 0.15) is 0 Å². The van der Waals surface area contributed by atoms with Crippen LogP contribution in [-0.4, -0.2) is 19.9 Å². The third-order valence-electron chi connectivity index (χ3n) is 7.90. The van der Waals surface area contributed by atoms with Gasteiger partial charge in [-0.3, -0.25) is 0 Å². The second-order valence-corrected chi connectivity index (χ2v) is 10.0. The fourth-order valence-corrected chi connectivity index (χ4v) is 6.03. The van der Waals surface area contributed by atoms with Gasteiger partial charge in [-0.1, -0.05) is 84.9 Å². The SMILES string of the molecule is C1=CC2=C1c1cc3[nH]c(cc4nc(cc5[nH]c(cc2n1)c1ccccc51)-c1ccccc1-4)c1ccccc31. The zero-order valence-electron chi connectivity index (χ0n) is 20.3. The van der Waals surface area contributed by atoms with Crippen molar-refractivity contribution >= 4 is 54.8 Å². The Labute approximate surface area is 217 Å². The molecule has 5 heterocycles. The lowest BCUT2D eigenvalue weighted by molar-refractivity contribution is 1.31. The monoisotopic (exact) mass is 484 g/mol. The van der Waals surface area contributed by atoms with Crippen molar-refractivity contribution in [3.05, 3.63) is 121 Å². The van der Waals surface area contributed by atoms with E-state index in [1.54, 1.807) is 0 Å². The van der Waals surface area contributed by atoms with Gasteiger partial charge in [0.2, 0.25) is 0 Å². The van der Waals surface area contributed by atoms with E-state index in [0.717, 1.165) is 56.0 Å². The van der Waals surface area contributed by atoms with Crippen molar-refractivity contribution in [1.29, 1.82) is 0 Å². The van der Waals surface area contributed by atoms with E-state index in [1.165, 1.54) is 32.7 Å². The normalized spacial score (nSPS) is 13.6. The van der Waals surface area contributed by atoms with E-state index in [0.29, 0.717) is 0 Å². The molecule has 38 heavy (non-hydrogen) atoms. The zero-order valence-corrected chi connectivity index (χ0v) is 20.3. The quantitative estimate of drug-likeness (QED) is 0.227. The minimum Gasteiger partial charge on any atom is -0.354 e. The van der Waals surface area contributed by atoms with Crippen LogP contribution in [0.25, 0.3) is 77.3 Å². The topological polar surface area (TPSA) is 57.4 Å². The maximum Gasteiger partial charge on any atom is 0.0737 e. The van der Waals surface area contributed by atoms with Crippen LogP contribution < -0.4 is 0 Å². The third kappa shape index (κ3) is 2.69. The van der Waals surface area contributed by atoms with Crippen molar-refractivity contribution in [2.24, 2.45) is 0 Å². The molecule has 0 unspecified atom stereocenters. The van der Waals surface area contributed by atoms with Crippen LogP contribution in [0.1, 0.15) is 11.4 Å². The molecule has 4 nitrogen and oxygen atoms in total. The highest BCUT2D eigenvalue weighted by Crippen LogP contribution is 2.41. The van der Waals surface area contributed by atoms with E-state index < -0.39 is 0 Å². The third-order valence-corrected chi connectivity index (χ3v) is 7.90. The van der Waals surface area contributed by atoms with E-state index in [2.05, 4.69) is 119 Å². The molecular weight excluding hydrogens is 464 g/mol. The highest BCUT2D eigenvalue weighted by molar-refractivity contribution is 6.13. The summed E-state index contributed by atoms with van der Waals surface area (Å²) < 4.78 is 0. The van der Waals surface area contributed by atoms with Crippen molar-refractivity contribution in [2.45, 2.75) is 0 Å². The average Bonchev–Trinajstić information content (AvgIpc) is 3.61. The molecule has 1 aliphatic carbocycles. The number of H-pyrrole nitrogens is 2. The van der Waals surface area contributed by atoms with E-state index >= 15 is 0 Å². The van der Waals surface area contributed by atoms with Crippen molar-refractivity contribution in [3.63, 3.8) is 0 Å². The number of nitrogens with zero attached hydrogens (tertiary/aromatic N) is 2. The van der Waals surface area contributed by atoms with E-state index in [1.807, 2.05) is 0 Å². The number of hydrogen-bond donors (Lipinski definition) is 2. The van der Waals surface area contributed by atoms with Gasteiger partial charge in [0.15, 0.2) is 0 Å². The van der Waals surface area contributed by atoms with Crippen LogP contribution in [0.15, 0.2) is 109 Å². The van der Waals surface area contributed by atoms with Crippen molar-refractivity contribution in [2.75, 3.05) is 0 Å². The van der Waals surface area contributed by atoms with Gasteiger partial charge in [0, 0.05) is 65.9 Å². The molecule has 2 aliphatic heterocycles. The maximum atomic E-state index is 5.16. The summed E-state index contributed by atoms with van der Waals surface area (Å²) in [6, 6.07) is 34.2. The minimum absolute atomic E-state index is 0.959. The number of allylic oxidation sites excluding steroid dienone is 4. The Morgan fingerprint density at radius 2 is 0.737 bits per heavy atom. The van der Waals surface area contributed by atoms with Gasteiger partial charge in [-0.05, 0) is 24.3 Å². The second kappa shape index (κ2) is 7.17. The average molecular weight is 485 g/mol. The first-order valence-corrected chi connectivity index (χ1v) is 12.8. The van der Waals surface area contributed by atoms with Crippen molar-refractivity contribution in [1.82, 2.24) is 19.9 Å². The summed E-state index contributed by atoms with van der Waals surface area (Å²) in [6.07, 6.45) is 4.32. The fraction of sp³-hybridized carbons (Fsp3) is 0. The highest BCUT2D eigenvalue weighted by atomic mass is 14.8. The lowest BCUT2D eigenvalue weighted by Crippen LogP contribution is -1.86. The van der Waals surface area contributed by atoms with E-state index in [9.17, 15) is 0 Å². The Morgan fingerprint density at radius 3 is 1.13 bits per heavy atom. The van der Waals surface area contributed by atoms with Crippen LogP contribution in [0.3, 0.4) is 0 Å². The number of hydrogen-bond acceptors (Lipinski definition) is 2. The Bertz CT molecular complexity index is 2090. The molecule has 0 spiro atoms. The lowest BCUT2D eigenvalue weighted by atomic mass is 9.95.